The molecule has 2 N–H and O–H groups in total. The third-order valence-electron chi connectivity index (χ3n) is 6.23. The number of ether oxygens (including phenoxy) is 2. The SMILES string of the molecule is CC(/C=C/C(C)=C/[C@@H]1Cc2nc(cs2)CC[C@@H](NS(C)(=O)=O)CC(=O)O[C@@H](C)C/C(C)=C/C=C\C(=O)O1)=C\C[NH+](C)C.[CH3-]. The van der Waals surface area contributed by atoms with Crippen molar-refractivity contribution >= 4 is 33.3 Å². The molecule has 2 heterocycles. The smallest absolute Gasteiger partial charge is 0.331 e. The number of nitrogens with one attached hydrogen (secondary N) is 2. The molecule has 0 aliphatic carbocycles. The van der Waals surface area contributed by atoms with Gasteiger partial charge in [-0.15, -0.1) is 11.3 Å². The van der Waals surface area contributed by atoms with E-state index < -0.39 is 40.2 Å². The van der Waals surface area contributed by atoms with Crippen LogP contribution >= 0.6 is 11.3 Å². The van der Waals surface area contributed by atoms with Crippen molar-refractivity contribution < 1.29 is 32.4 Å². The van der Waals surface area contributed by atoms with Crippen molar-refractivity contribution in [3.05, 3.63) is 82.8 Å². The van der Waals surface area contributed by atoms with E-state index in [4.69, 9.17) is 14.5 Å². The molecule has 0 spiro atoms. The number of carbonyl (C=O) groups excluding carboxylic acids is 2. The molecule has 240 valence electrons. The molecule has 0 radical (unpaired) electrons. The quantitative estimate of drug-likeness (QED) is 0.267. The van der Waals surface area contributed by atoms with Crippen molar-refractivity contribution in [3.8, 4) is 0 Å². The molecule has 0 saturated carbocycles. The van der Waals surface area contributed by atoms with Crippen LogP contribution in [0.2, 0.25) is 0 Å². The molecule has 11 heteroatoms. The average Bonchev–Trinajstić information content (AvgIpc) is 3.30. The summed E-state index contributed by atoms with van der Waals surface area (Å²) in [7, 11) is 0.676. The normalized spacial score (nSPS) is 24.2. The van der Waals surface area contributed by atoms with Gasteiger partial charge in [0.1, 0.15) is 12.2 Å². The number of esters is 2. The van der Waals surface area contributed by atoms with Gasteiger partial charge in [-0.2, -0.15) is 0 Å². The molecule has 1 aromatic heterocycles. The van der Waals surface area contributed by atoms with Gasteiger partial charge in [-0.25, -0.2) is 22.9 Å². The molecule has 43 heavy (non-hydrogen) atoms. The van der Waals surface area contributed by atoms with E-state index in [2.05, 4.69) is 31.8 Å². The molecule has 0 unspecified atom stereocenters. The third-order valence-corrected chi connectivity index (χ3v) is 7.91. The van der Waals surface area contributed by atoms with Crippen molar-refractivity contribution in [1.29, 1.82) is 0 Å². The second-order valence-corrected chi connectivity index (χ2v) is 13.9. The molecule has 2 bridgehead atoms. The number of rotatable bonds is 7. The van der Waals surface area contributed by atoms with Crippen LogP contribution in [0.1, 0.15) is 57.7 Å². The number of sulfonamides is 1. The number of quaternary nitrogens is 1. The van der Waals surface area contributed by atoms with Crippen LogP contribution in [0.4, 0.5) is 0 Å². The van der Waals surface area contributed by atoms with E-state index in [1.54, 1.807) is 19.1 Å². The van der Waals surface area contributed by atoms with E-state index in [0.29, 0.717) is 25.7 Å². The lowest BCUT2D eigenvalue weighted by atomic mass is 10.1. The Hall–Kier alpha value is -2.86. The summed E-state index contributed by atoms with van der Waals surface area (Å²) in [5, 5.41) is 2.70. The molecule has 2 rings (SSSR count). The Bertz CT molecular complexity index is 1320. The van der Waals surface area contributed by atoms with Crippen molar-refractivity contribution in [1.82, 2.24) is 9.71 Å². The number of cyclic esters (lactones) is 2. The Kier molecular flexibility index (Phi) is 16.6. The van der Waals surface area contributed by atoms with Crippen LogP contribution < -0.4 is 9.62 Å². The number of fused-ring (bicyclic) bond motifs is 2. The first-order valence-corrected chi connectivity index (χ1v) is 16.9. The Labute approximate surface area is 262 Å². The molecule has 0 amide bonds. The second-order valence-electron chi connectivity index (χ2n) is 11.2. The maximum Gasteiger partial charge on any atom is 0.331 e. The van der Waals surface area contributed by atoms with Crippen molar-refractivity contribution in [2.24, 2.45) is 0 Å². The predicted octanol–water partition coefficient (Wildman–Crippen LogP) is 3.72. The molecule has 3 atom stereocenters. The van der Waals surface area contributed by atoms with Gasteiger partial charge in [0.05, 0.1) is 44.0 Å². The van der Waals surface area contributed by atoms with Crippen molar-refractivity contribution in [3.63, 3.8) is 0 Å². The highest BCUT2D eigenvalue weighted by molar-refractivity contribution is 7.88. The summed E-state index contributed by atoms with van der Waals surface area (Å²) in [6.07, 6.45) is 14.7. The highest BCUT2D eigenvalue weighted by Crippen LogP contribution is 2.19. The molecule has 1 aliphatic rings. The van der Waals surface area contributed by atoms with Gasteiger partial charge in [-0.1, -0.05) is 35.5 Å². The minimum absolute atomic E-state index is 0. The van der Waals surface area contributed by atoms with Crippen LogP contribution in [-0.4, -0.2) is 70.5 Å². The lowest BCUT2D eigenvalue weighted by Crippen LogP contribution is -3.05. The molecular formula is C32H49N3O6S2. The topological polar surface area (TPSA) is 116 Å². The largest absolute Gasteiger partial charge is 0.462 e. The standard InChI is InChI=1S/C31H45N3O6S2.CH3/c1-22(15-16-34(5)6)11-12-24(3)18-28-20-29-32-27(21-41-29)14-13-26(33-42(7,37)38)19-31(36)39-25(4)17-23(2)9-8-10-30(35)40-28;/h8-12,15,18,21,25-26,28,33H,13-14,16-17,19-20H2,1-7H3;1H3/q;-1/p+1/b10-8-,12-11+,22-15+,23-9+,24-18+;/t25-,26+,28+;/m0./s1. The van der Waals surface area contributed by atoms with Gasteiger partial charge in [-0.05, 0) is 58.3 Å². The van der Waals surface area contributed by atoms with E-state index in [1.807, 2.05) is 37.5 Å². The molecule has 0 fully saturated rings. The summed E-state index contributed by atoms with van der Waals surface area (Å²) >= 11 is 1.46. The number of nitrogens with zero attached hydrogens (tertiary/aromatic N) is 1. The van der Waals surface area contributed by atoms with E-state index in [9.17, 15) is 18.0 Å². The molecule has 1 aliphatic heterocycles. The monoisotopic (exact) mass is 635 g/mol. The Balaban J connectivity index is 0.00000924. The van der Waals surface area contributed by atoms with Crippen LogP contribution in [0.25, 0.3) is 0 Å². The van der Waals surface area contributed by atoms with Crippen LogP contribution in [0.3, 0.4) is 0 Å². The summed E-state index contributed by atoms with van der Waals surface area (Å²) in [6, 6.07) is -0.616. The first-order valence-electron chi connectivity index (χ1n) is 14.1. The molecular weight excluding hydrogens is 587 g/mol. The van der Waals surface area contributed by atoms with Gasteiger partial charge >= 0.3 is 11.9 Å². The van der Waals surface area contributed by atoms with E-state index in [1.165, 1.54) is 22.3 Å². The number of carbonyl (C=O) groups is 2. The summed E-state index contributed by atoms with van der Waals surface area (Å²) in [4.78, 5) is 31.4. The van der Waals surface area contributed by atoms with Gasteiger partial charge in [-0.3, -0.25) is 4.79 Å². The molecule has 0 aromatic carbocycles. The highest BCUT2D eigenvalue weighted by Gasteiger charge is 2.21. The van der Waals surface area contributed by atoms with E-state index in [0.717, 1.165) is 40.2 Å². The van der Waals surface area contributed by atoms with Crippen molar-refractivity contribution in [2.75, 3.05) is 26.9 Å². The number of hydrogen-bond donors (Lipinski definition) is 2. The maximum absolute atomic E-state index is 12.7. The predicted molar refractivity (Wildman–Crippen MR) is 174 cm³/mol. The summed E-state index contributed by atoms with van der Waals surface area (Å²) in [6.45, 7) is 8.62. The van der Waals surface area contributed by atoms with E-state index in [-0.39, 0.29) is 13.8 Å². The highest BCUT2D eigenvalue weighted by atomic mass is 32.2. The fourth-order valence-corrected chi connectivity index (χ4v) is 5.93. The minimum atomic E-state index is -3.53. The lowest BCUT2D eigenvalue weighted by molar-refractivity contribution is -0.851. The first-order chi connectivity index (χ1) is 19.7. The summed E-state index contributed by atoms with van der Waals surface area (Å²) in [5.74, 6) is -0.943. The first kappa shape index (κ1) is 38.2. The molecule has 1 aromatic rings. The lowest BCUT2D eigenvalue weighted by Gasteiger charge is -2.19. The van der Waals surface area contributed by atoms with Gasteiger partial charge in [0.15, 0.2) is 0 Å². The Morgan fingerprint density at radius 1 is 1.14 bits per heavy atom. The summed E-state index contributed by atoms with van der Waals surface area (Å²) < 4.78 is 37.8. The average molecular weight is 636 g/mol. The molecule has 9 nitrogen and oxygen atoms in total. The molecule has 0 saturated heterocycles. The van der Waals surface area contributed by atoms with Crippen LogP contribution in [0.5, 0.6) is 0 Å². The van der Waals surface area contributed by atoms with Gasteiger partial charge in [0.2, 0.25) is 10.0 Å². The zero-order valence-corrected chi connectivity index (χ0v) is 28.4. The van der Waals surface area contributed by atoms with Crippen LogP contribution in [-0.2, 0) is 41.9 Å². The van der Waals surface area contributed by atoms with Gasteiger partial charge < -0.3 is 21.8 Å². The van der Waals surface area contributed by atoms with Gasteiger partial charge in [0, 0.05) is 30.3 Å². The Morgan fingerprint density at radius 2 is 1.84 bits per heavy atom. The fourth-order valence-electron chi connectivity index (χ4n) is 4.25. The zero-order chi connectivity index (χ0) is 31.3. The number of likely N-dealkylation sites (N-methyl/N-ethyl adjacent to an activating group) is 1. The van der Waals surface area contributed by atoms with E-state index >= 15 is 0 Å². The number of aryl methyl sites for hydroxylation is 1. The van der Waals surface area contributed by atoms with Crippen molar-refractivity contribution in [2.45, 2.75) is 78.0 Å². The van der Waals surface area contributed by atoms with Gasteiger partial charge in [0.25, 0.3) is 0 Å². The van der Waals surface area contributed by atoms with Crippen LogP contribution in [0.15, 0.2) is 64.6 Å². The fraction of sp³-hybridized carbons (Fsp3) is 0.500. The summed E-state index contributed by atoms with van der Waals surface area (Å²) in [5.41, 5.74) is 3.81. The Morgan fingerprint density at radius 3 is 2.51 bits per heavy atom. The zero-order valence-electron chi connectivity index (χ0n) is 26.8. The second kappa shape index (κ2) is 18.7. The van der Waals surface area contributed by atoms with Crippen LogP contribution in [0, 0.1) is 7.43 Å². The number of hydrogen-bond acceptors (Lipinski definition) is 8. The maximum atomic E-state index is 12.7. The minimum Gasteiger partial charge on any atom is -0.462 e. The number of thiazole rings is 1. The third kappa shape index (κ3) is 17.1. The number of allylic oxidation sites excluding steroid dienone is 6. The number of aromatic nitrogens is 1.